The van der Waals surface area contributed by atoms with Gasteiger partial charge in [0.1, 0.15) is 0 Å². The quantitative estimate of drug-likeness (QED) is 0.465. The second kappa shape index (κ2) is 3.04. The van der Waals surface area contributed by atoms with E-state index in [0.29, 0.717) is 5.41 Å². The zero-order valence-electron chi connectivity index (χ0n) is 8.34. The number of nitrogens with zero attached hydrogens (tertiary/aromatic N) is 2. The summed E-state index contributed by atoms with van der Waals surface area (Å²) in [4.78, 5) is 4.99. The van der Waals surface area contributed by atoms with Gasteiger partial charge in [0.25, 0.3) is 0 Å². The van der Waals surface area contributed by atoms with Gasteiger partial charge < -0.3 is 9.71 Å². The summed E-state index contributed by atoms with van der Waals surface area (Å²) in [7, 11) is 4.52. The van der Waals surface area contributed by atoms with Crippen molar-refractivity contribution in [2.45, 2.75) is 19.3 Å². The number of piperidine rings is 1. The Morgan fingerprint density at radius 2 is 2.00 bits per heavy atom. The third-order valence-corrected chi connectivity index (χ3v) is 3.48. The van der Waals surface area contributed by atoms with Crippen LogP contribution in [-0.4, -0.2) is 50.9 Å². The van der Waals surface area contributed by atoms with Gasteiger partial charge in [-0.25, -0.2) is 0 Å². The van der Waals surface area contributed by atoms with Crippen LogP contribution in [0.3, 0.4) is 0 Å². The molecule has 0 aliphatic carbocycles. The Hall–Kier alpha value is -0.0151. The fraction of sp³-hybridized carbons (Fsp3) is 1.00. The predicted octanol–water partition coefficient (Wildman–Crippen LogP) is -0.0478. The molecule has 2 saturated heterocycles. The maximum atomic E-state index is 2.50. The molecule has 0 bridgehead atoms. The van der Waals surface area contributed by atoms with Crippen molar-refractivity contribution in [3.63, 3.8) is 0 Å². The van der Waals surface area contributed by atoms with Gasteiger partial charge in [-0.3, -0.25) is 0 Å². The van der Waals surface area contributed by atoms with Crippen LogP contribution in [0.25, 0.3) is 0 Å². The molecule has 0 N–H and O–H groups in total. The van der Waals surface area contributed by atoms with Crippen LogP contribution in [-0.2, 0) is 0 Å². The normalized spacial score (nSPS) is 39.4. The molecule has 0 aromatic carbocycles. The predicted molar refractivity (Wildman–Crippen MR) is 53.9 cm³/mol. The molecule has 0 saturated carbocycles. The molecule has 0 amide bonds. The molecule has 3 heteroatoms. The summed E-state index contributed by atoms with van der Waals surface area (Å²) in [6, 6.07) is 0. The molecule has 0 radical (unpaired) electrons. The topological polar surface area (TPSA) is 6.48 Å². The molecule has 0 aromatic rings. The third-order valence-electron chi connectivity index (χ3n) is 3.48. The molecule has 2 nitrogen and oxygen atoms in total. The largest absolute Gasteiger partial charge is 0.348 e. The monoisotopic (exact) mass is 166 g/mol. The molecule has 68 valence electrons. The number of hydrogen-bond donors (Lipinski definition) is 0. The fourth-order valence-electron chi connectivity index (χ4n) is 2.95. The summed E-state index contributed by atoms with van der Waals surface area (Å²) in [5, 5.41) is 0. The average molecular weight is 166 g/mol. The zero-order chi connectivity index (χ0) is 8.60. The van der Waals surface area contributed by atoms with E-state index in [2.05, 4.69) is 24.7 Å². The van der Waals surface area contributed by atoms with Crippen molar-refractivity contribution < 1.29 is 0 Å². The van der Waals surface area contributed by atoms with Crippen molar-refractivity contribution in [3.05, 3.63) is 0 Å². The minimum atomic E-state index is 0.668. The van der Waals surface area contributed by atoms with E-state index in [1.807, 2.05) is 0 Å². The molecule has 1 atom stereocenters. The highest BCUT2D eigenvalue weighted by Crippen LogP contribution is 2.37. The zero-order valence-corrected chi connectivity index (χ0v) is 8.34. The van der Waals surface area contributed by atoms with Gasteiger partial charge >= 0.3 is 0 Å². The summed E-state index contributed by atoms with van der Waals surface area (Å²) in [5.41, 5.74) is 0.668. The summed E-state index contributed by atoms with van der Waals surface area (Å²) in [5.74, 6) is 0. The Bertz CT molecular complexity index is 170. The molecule has 1 unspecified atom stereocenters. The first kappa shape index (κ1) is 8.58. The van der Waals surface area contributed by atoms with Gasteiger partial charge in [-0.2, -0.15) is 0 Å². The van der Waals surface area contributed by atoms with Crippen LogP contribution in [0, 0.1) is 5.41 Å². The first-order chi connectivity index (χ1) is 5.70. The van der Waals surface area contributed by atoms with E-state index in [1.165, 1.54) is 45.4 Å². The van der Waals surface area contributed by atoms with Crippen LogP contribution in [0.1, 0.15) is 19.3 Å². The van der Waals surface area contributed by atoms with E-state index >= 15 is 0 Å². The molecule has 12 heavy (non-hydrogen) atoms. The van der Waals surface area contributed by atoms with Crippen molar-refractivity contribution in [3.8, 4) is 0 Å². The SMILES string of the molecule is BN1CCCC2(CCN(C)C2)C1. The standard InChI is InChI=1S/C9H19BN2/c1-11-6-4-9(7-11)3-2-5-12(10)8-9/h2-8,10H2,1H3. The molecule has 0 aromatic heterocycles. The van der Waals surface area contributed by atoms with Crippen LogP contribution in [0.4, 0.5) is 0 Å². The second-order valence-corrected chi connectivity index (χ2v) is 4.83. The van der Waals surface area contributed by atoms with Crippen molar-refractivity contribution in [2.75, 3.05) is 33.2 Å². The highest BCUT2D eigenvalue weighted by atomic mass is 15.2. The van der Waals surface area contributed by atoms with E-state index in [1.54, 1.807) is 0 Å². The molecule has 2 aliphatic rings. The van der Waals surface area contributed by atoms with Crippen molar-refractivity contribution >= 4 is 7.98 Å². The van der Waals surface area contributed by atoms with Gasteiger partial charge in [0.15, 0.2) is 7.98 Å². The van der Waals surface area contributed by atoms with E-state index in [9.17, 15) is 0 Å². The van der Waals surface area contributed by atoms with E-state index in [0.717, 1.165) is 0 Å². The number of rotatable bonds is 0. The lowest BCUT2D eigenvalue weighted by atomic mass is 9.78. The molecular formula is C9H19BN2. The van der Waals surface area contributed by atoms with E-state index in [-0.39, 0.29) is 0 Å². The van der Waals surface area contributed by atoms with Crippen LogP contribution >= 0.6 is 0 Å². The van der Waals surface area contributed by atoms with Crippen LogP contribution in [0.15, 0.2) is 0 Å². The average Bonchev–Trinajstić information content (AvgIpc) is 2.32. The van der Waals surface area contributed by atoms with Crippen molar-refractivity contribution in [2.24, 2.45) is 5.41 Å². The summed E-state index contributed by atoms with van der Waals surface area (Å²) >= 11 is 0. The Morgan fingerprint density at radius 1 is 1.17 bits per heavy atom. The first-order valence-corrected chi connectivity index (χ1v) is 5.07. The van der Waals surface area contributed by atoms with Gasteiger partial charge in [0.2, 0.25) is 0 Å². The molecule has 2 aliphatic heterocycles. The van der Waals surface area contributed by atoms with Crippen molar-refractivity contribution in [1.82, 2.24) is 9.71 Å². The van der Waals surface area contributed by atoms with Gasteiger partial charge in [-0.15, -0.1) is 0 Å². The first-order valence-electron chi connectivity index (χ1n) is 5.07. The minimum absolute atomic E-state index is 0.668. The Morgan fingerprint density at radius 3 is 2.58 bits per heavy atom. The van der Waals surface area contributed by atoms with E-state index < -0.39 is 0 Å². The van der Waals surface area contributed by atoms with Gasteiger partial charge in [0.05, 0.1) is 0 Å². The maximum absolute atomic E-state index is 2.50. The summed E-state index contributed by atoms with van der Waals surface area (Å²) in [6.07, 6.45) is 4.29. The molecule has 1 spiro atoms. The van der Waals surface area contributed by atoms with E-state index in [4.69, 9.17) is 0 Å². The summed E-state index contributed by atoms with van der Waals surface area (Å²) < 4.78 is 0. The van der Waals surface area contributed by atoms with Crippen LogP contribution < -0.4 is 0 Å². The Kier molecular flexibility index (Phi) is 2.17. The fourth-order valence-corrected chi connectivity index (χ4v) is 2.95. The van der Waals surface area contributed by atoms with Gasteiger partial charge in [-0.05, 0) is 51.4 Å². The lowest BCUT2D eigenvalue weighted by Gasteiger charge is -2.39. The van der Waals surface area contributed by atoms with Gasteiger partial charge in [0, 0.05) is 6.54 Å². The number of likely N-dealkylation sites (tertiary alicyclic amines) is 1. The Balaban J connectivity index is 2.00. The lowest BCUT2D eigenvalue weighted by molar-refractivity contribution is 0.156. The Labute approximate surface area is 76.3 Å². The molecule has 2 heterocycles. The van der Waals surface area contributed by atoms with Crippen LogP contribution in [0.5, 0.6) is 0 Å². The third kappa shape index (κ3) is 1.53. The smallest absolute Gasteiger partial charge is 0.185 e. The second-order valence-electron chi connectivity index (χ2n) is 4.83. The summed E-state index contributed by atoms with van der Waals surface area (Å²) in [6.45, 7) is 5.29. The van der Waals surface area contributed by atoms with Crippen molar-refractivity contribution in [1.29, 1.82) is 0 Å². The van der Waals surface area contributed by atoms with Crippen LogP contribution in [0.2, 0.25) is 0 Å². The molecule has 2 fully saturated rings. The molecular weight excluding hydrogens is 147 g/mol. The highest BCUT2D eigenvalue weighted by Gasteiger charge is 2.38. The lowest BCUT2D eigenvalue weighted by Crippen LogP contribution is -2.43. The molecule has 2 rings (SSSR count). The van der Waals surface area contributed by atoms with Gasteiger partial charge in [-0.1, -0.05) is 0 Å². The minimum Gasteiger partial charge on any atom is -0.348 e. The number of hydrogen-bond acceptors (Lipinski definition) is 2. The maximum Gasteiger partial charge on any atom is 0.185 e. The highest BCUT2D eigenvalue weighted by molar-refractivity contribution is 6.04.